The molecule has 0 radical (unpaired) electrons. The number of nitrogens with zero attached hydrogens (tertiary/aromatic N) is 1. The second-order valence-electron chi connectivity index (χ2n) is 5.79. The second-order valence-corrected chi connectivity index (χ2v) is 7.19. The molecule has 2 N–H and O–H groups in total. The Morgan fingerprint density at radius 3 is 3.00 bits per heavy atom. The van der Waals surface area contributed by atoms with Crippen molar-refractivity contribution < 1.29 is 0 Å². The van der Waals surface area contributed by atoms with Gasteiger partial charge in [-0.15, -0.1) is 0 Å². The molecule has 2 nitrogen and oxygen atoms in total. The Hall–Kier alpha value is -0.410. The van der Waals surface area contributed by atoms with E-state index in [0.29, 0.717) is 0 Å². The first-order valence-corrected chi connectivity index (χ1v) is 8.36. The molecule has 1 aliphatic carbocycles. The van der Waals surface area contributed by atoms with Crippen molar-refractivity contribution in [2.45, 2.75) is 63.3 Å². The number of nitrogens with two attached hydrogens (primary N) is 1. The quantitative estimate of drug-likeness (QED) is 0.887. The molecule has 2 aliphatic rings. The van der Waals surface area contributed by atoms with E-state index < -0.39 is 0 Å². The highest BCUT2D eigenvalue weighted by atomic mass is 32.2. The van der Waals surface area contributed by atoms with Crippen LogP contribution in [0.5, 0.6) is 0 Å². The van der Waals surface area contributed by atoms with Gasteiger partial charge in [-0.1, -0.05) is 6.42 Å². The molecule has 3 heteroatoms. The summed E-state index contributed by atoms with van der Waals surface area (Å²) in [6.45, 7) is 3.46. The van der Waals surface area contributed by atoms with Crippen LogP contribution in [0.3, 0.4) is 0 Å². The second kappa shape index (κ2) is 5.30. The van der Waals surface area contributed by atoms with Crippen molar-refractivity contribution in [2.24, 2.45) is 5.73 Å². The fourth-order valence-corrected chi connectivity index (χ4v) is 4.70. The molecule has 1 fully saturated rings. The van der Waals surface area contributed by atoms with E-state index >= 15 is 0 Å². The van der Waals surface area contributed by atoms with E-state index in [1.165, 1.54) is 61.4 Å². The third-order valence-electron chi connectivity index (χ3n) is 4.44. The minimum absolute atomic E-state index is 0.285. The summed E-state index contributed by atoms with van der Waals surface area (Å²) < 4.78 is 2.57. The van der Waals surface area contributed by atoms with Gasteiger partial charge in [-0.05, 0) is 56.4 Å². The standard InChI is InChI=1S/C15H24N2S/c1-11-9-13-14(16)6-4-7-15(13)17(11)10-12-5-2-3-8-18-12/h9,12,14H,2-8,10,16H2,1H3. The topological polar surface area (TPSA) is 30.9 Å². The molecule has 18 heavy (non-hydrogen) atoms. The Morgan fingerprint density at radius 2 is 2.22 bits per heavy atom. The Kier molecular flexibility index (Phi) is 3.71. The lowest BCUT2D eigenvalue weighted by molar-refractivity contribution is 0.518. The van der Waals surface area contributed by atoms with Gasteiger partial charge in [0, 0.05) is 29.2 Å². The van der Waals surface area contributed by atoms with Gasteiger partial charge in [-0.3, -0.25) is 0 Å². The number of hydrogen-bond acceptors (Lipinski definition) is 2. The summed E-state index contributed by atoms with van der Waals surface area (Å²) in [4.78, 5) is 0. The average Bonchev–Trinajstić information content (AvgIpc) is 2.70. The van der Waals surface area contributed by atoms with Crippen LogP contribution in [0.25, 0.3) is 0 Å². The first-order valence-electron chi connectivity index (χ1n) is 7.32. The zero-order chi connectivity index (χ0) is 12.5. The summed E-state index contributed by atoms with van der Waals surface area (Å²) in [7, 11) is 0. The molecule has 0 aromatic carbocycles. The van der Waals surface area contributed by atoms with Crippen molar-refractivity contribution in [3.63, 3.8) is 0 Å². The summed E-state index contributed by atoms with van der Waals surface area (Å²) in [6.07, 6.45) is 7.87. The maximum Gasteiger partial charge on any atom is 0.0344 e. The molecule has 0 amide bonds. The zero-order valence-corrected chi connectivity index (χ0v) is 12.1. The molecule has 0 spiro atoms. The SMILES string of the molecule is Cc1cc2c(n1CC1CCCCS1)CCCC2N. The molecule has 100 valence electrons. The average molecular weight is 264 g/mol. The molecule has 1 aliphatic heterocycles. The fourth-order valence-electron chi connectivity index (χ4n) is 3.41. The minimum atomic E-state index is 0.285. The molecule has 2 unspecified atom stereocenters. The first kappa shape index (κ1) is 12.6. The number of fused-ring (bicyclic) bond motifs is 1. The maximum atomic E-state index is 6.24. The Bertz CT molecular complexity index is 418. The van der Waals surface area contributed by atoms with Gasteiger partial charge in [0.2, 0.25) is 0 Å². The molecule has 2 atom stereocenters. The molecule has 0 saturated carbocycles. The van der Waals surface area contributed by atoms with Gasteiger partial charge in [0.25, 0.3) is 0 Å². The normalized spacial score (nSPS) is 28.1. The Balaban J connectivity index is 1.82. The maximum absolute atomic E-state index is 6.24. The largest absolute Gasteiger partial charge is 0.347 e. The first-order chi connectivity index (χ1) is 8.75. The van der Waals surface area contributed by atoms with E-state index in [9.17, 15) is 0 Å². The summed E-state index contributed by atoms with van der Waals surface area (Å²) in [6, 6.07) is 2.62. The zero-order valence-electron chi connectivity index (χ0n) is 11.3. The van der Waals surface area contributed by atoms with Crippen molar-refractivity contribution in [3.8, 4) is 0 Å². The van der Waals surface area contributed by atoms with E-state index in [4.69, 9.17) is 5.73 Å². The summed E-state index contributed by atoms with van der Waals surface area (Å²) in [5.41, 5.74) is 10.6. The highest BCUT2D eigenvalue weighted by Crippen LogP contribution is 2.33. The molecule has 1 saturated heterocycles. The van der Waals surface area contributed by atoms with E-state index in [-0.39, 0.29) is 6.04 Å². The van der Waals surface area contributed by atoms with Crippen LogP contribution < -0.4 is 5.73 Å². The van der Waals surface area contributed by atoms with Crippen molar-refractivity contribution >= 4 is 11.8 Å². The van der Waals surface area contributed by atoms with E-state index in [2.05, 4.69) is 29.3 Å². The van der Waals surface area contributed by atoms with Gasteiger partial charge in [0.15, 0.2) is 0 Å². The highest BCUT2D eigenvalue weighted by molar-refractivity contribution is 7.99. The van der Waals surface area contributed by atoms with Crippen molar-refractivity contribution in [1.82, 2.24) is 4.57 Å². The van der Waals surface area contributed by atoms with Gasteiger partial charge in [-0.25, -0.2) is 0 Å². The Morgan fingerprint density at radius 1 is 1.33 bits per heavy atom. The lowest BCUT2D eigenvalue weighted by Gasteiger charge is -2.26. The van der Waals surface area contributed by atoms with Crippen molar-refractivity contribution in [3.05, 3.63) is 23.0 Å². The van der Waals surface area contributed by atoms with E-state index in [1.54, 1.807) is 0 Å². The molecular weight excluding hydrogens is 240 g/mol. The van der Waals surface area contributed by atoms with E-state index in [1.807, 2.05) is 0 Å². The van der Waals surface area contributed by atoms with Crippen LogP contribution in [0.2, 0.25) is 0 Å². The molecule has 3 rings (SSSR count). The minimum Gasteiger partial charge on any atom is -0.347 e. The summed E-state index contributed by atoms with van der Waals surface area (Å²) >= 11 is 2.17. The van der Waals surface area contributed by atoms with Crippen LogP contribution in [0, 0.1) is 6.92 Å². The van der Waals surface area contributed by atoms with Gasteiger partial charge in [-0.2, -0.15) is 11.8 Å². The molecule has 1 aromatic rings. The lowest BCUT2D eigenvalue weighted by Crippen LogP contribution is -2.22. The number of hydrogen-bond donors (Lipinski definition) is 1. The third kappa shape index (κ3) is 2.35. The number of thioether (sulfide) groups is 1. The highest BCUT2D eigenvalue weighted by Gasteiger charge is 2.24. The lowest BCUT2D eigenvalue weighted by atomic mass is 9.93. The predicted molar refractivity (Wildman–Crippen MR) is 79.1 cm³/mol. The van der Waals surface area contributed by atoms with Gasteiger partial charge < -0.3 is 10.3 Å². The van der Waals surface area contributed by atoms with Crippen LogP contribution in [-0.4, -0.2) is 15.6 Å². The fraction of sp³-hybridized carbons (Fsp3) is 0.733. The summed E-state index contributed by atoms with van der Waals surface area (Å²) in [5, 5.41) is 0.826. The van der Waals surface area contributed by atoms with E-state index in [0.717, 1.165) is 11.7 Å². The predicted octanol–water partition coefficient (Wildman–Crippen LogP) is 3.42. The monoisotopic (exact) mass is 264 g/mol. The third-order valence-corrected chi connectivity index (χ3v) is 5.82. The number of aromatic nitrogens is 1. The van der Waals surface area contributed by atoms with Crippen LogP contribution >= 0.6 is 11.8 Å². The molecular formula is C15H24N2S. The number of rotatable bonds is 2. The van der Waals surface area contributed by atoms with Crippen molar-refractivity contribution in [2.75, 3.05) is 5.75 Å². The molecule has 0 bridgehead atoms. The molecule has 1 aromatic heterocycles. The van der Waals surface area contributed by atoms with Crippen LogP contribution in [0.1, 0.15) is 55.1 Å². The van der Waals surface area contributed by atoms with Crippen LogP contribution in [0.15, 0.2) is 6.07 Å². The van der Waals surface area contributed by atoms with Crippen LogP contribution in [0.4, 0.5) is 0 Å². The van der Waals surface area contributed by atoms with Gasteiger partial charge in [0.1, 0.15) is 0 Å². The van der Waals surface area contributed by atoms with Crippen molar-refractivity contribution in [1.29, 1.82) is 0 Å². The number of aryl methyl sites for hydroxylation is 1. The van der Waals surface area contributed by atoms with Gasteiger partial charge in [0.05, 0.1) is 0 Å². The summed E-state index contributed by atoms with van der Waals surface area (Å²) in [5.74, 6) is 1.35. The Labute approximate surface area is 114 Å². The van der Waals surface area contributed by atoms with Crippen LogP contribution in [-0.2, 0) is 13.0 Å². The smallest absolute Gasteiger partial charge is 0.0344 e. The molecule has 2 heterocycles. The van der Waals surface area contributed by atoms with Gasteiger partial charge >= 0.3 is 0 Å².